The van der Waals surface area contributed by atoms with Gasteiger partial charge in [0.2, 0.25) is 5.91 Å². The van der Waals surface area contributed by atoms with Crippen molar-refractivity contribution in [3.8, 4) is 0 Å². The highest BCUT2D eigenvalue weighted by molar-refractivity contribution is 5.81. The maximum absolute atomic E-state index is 11.8. The molecule has 2 rings (SSSR count). The van der Waals surface area contributed by atoms with Gasteiger partial charge in [0.25, 0.3) is 0 Å². The molecule has 1 atom stereocenters. The van der Waals surface area contributed by atoms with Crippen molar-refractivity contribution >= 4 is 5.91 Å². The van der Waals surface area contributed by atoms with Crippen molar-refractivity contribution < 1.29 is 4.79 Å². The fourth-order valence-electron chi connectivity index (χ4n) is 3.12. The minimum absolute atomic E-state index is 0.137. The Balaban J connectivity index is 1.96. The van der Waals surface area contributed by atoms with Crippen LogP contribution in [-0.2, 0) is 4.79 Å². The molecule has 0 radical (unpaired) electrons. The summed E-state index contributed by atoms with van der Waals surface area (Å²) < 4.78 is 0. The molecule has 1 spiro atoms. The lowest BCUT2D eigenvalue weighted by atomic mass is 9.73. The predicted molar refractivity (Wildman–Crippen MR) is 60.4 cm³/mol. The second kappa shape index (κ2) is 4.12. The number of likely N-dealkylation sites (tertiary alicyclic amines) is 1. The first-order valence-corrected chi connectivity index (χ1v) is 6.17. The SMILES string of the molecule is C[C@@H](N)C(=O)N1CCC2(CCCCC2)C1. The van der Waals surface area contributed by atoms with Gasteiger partial charge in [-0.05, 0) is 31.6 Å². The van der Waals surface area contributed by atoms with Gasteiger partial charge in [-0.2, -0.15) is 0 Å². The zero-order valence-electron chi connectivity index (χ0n) is 9.67. The van der Waals surface area contributed by atoms with E-state index in [1.807, 2.05) is 4.90 Å². The van der Waals surface area contributed by atoms with Crippen LogP contribution < -0.4 is 5.73 Å². The number of nitrogens with zero attached hydrogens (tertiary/aromatic N) is 1. The first-order valence-electron chi connectivity index (χ1n) is 6.17. The van der Waals surface area contributed by atoms with E-state index in [4.69, 9.17) is 5.73 Å². The zero-order valence-corrected chi connectivity index (χ0v) is 9.67. The normalized spacial score (nSPS) is 26.9. The maximum Gasteiger partial charge on any atom is 0.239 e. The van der Waals surface area contributed by atoms with Crippen molar-refractivity contribution in [3.05, 3.63) is 0 Å². The van der Waals surface area contributed by atoms with E-state index in [2.05, 4.69) is 0 Å². The topological polar surface area (TPSA) is 46.3 Å². The van der Waals surface area contributed by atoms with Crippen LogP contribution >= 0.6 is 0 Å². The van der Waals surface area contributed by atoms with Gasteiger partial charge in [-0.3, -0.25) is 4.79 Å². The summed E-state index contributed by atoms with van der Waals surface area (Å²) in [5.41, 5.74) is 6.10. The molecule has 0 unspecified atom stereocenters. The second-order valence-corrected chi connectivity index (χ2v) is 5.36. The smallest absolute Gasteiger partial charge is 0.239 e. The van der Waals surface area contributed by atoms with Crippen LogP contribution in [-0.4, -0.2) is 29.9 Å². The lowest BCUT2D eigenvalue weighted by molar-refractivity contribution is -0.131. The quantitative estimate of drug-likeness (QED) is 0.713. The summed E-state index contributed by atoms with van der Waals surface area (Å²) in [5, 5.41) is 0. The van der Waals surface area contributed by atoms with Crippen LogP contribution in [0, 0.1) is 5.41 Å². The first kappa shape index (κ1) is 10.9. The Bertz CT molecular complexity index is 244. The van der Waals surface area contributed by atoms with Gasteiger partial charge >= 0.3 is 0 Å². The highest BCUT2D eigenvalue weighted by Gasteiger charge is 2.40. The molecule has 0 aromatic carbocycles. The molecule has 1 saturated heterocycles. The van der Waals surface area contributed by atoms with Gasteiger partial charge < -0.3 is 10.6 Å². The second-order valence-electron chi connectivity index (χ2n) is 5.36. The fraction of sp³-hybridized carbons (Fsp3) is 0.917. The van der Waals surface area contributed by atoms with E-state index >= 15 is 0 Å². The number of nitrogens with two attached hydrogens (primary N) is 1. The number of carbonyl (C=O) groups excluding carboxylic acids is 1. The monoisotopic (exact) mass is 210 g/mol. The molecule has 1 saturated carbocycles. The lowest BCUT2D eigenvalue weighted by Gasteiger charge is -2.33. The molecule has 3 heteroatoms. The molecule has 86 valence electrons. The number of hydrogen-bond acceptors (Lipinski definition) is 2. The summed E-state index contributed by atoms with van der Waals surface area (Å²) in [6, 6.07) is -0.330. The molecule has 0 bridgehead atoms. The third kappa shape index (κ3) is 2.17. The molecule has 0 aromatic heterocycles. The van der Waals surface area contributed by atoms with Crippen LogP contribution in [0.15, 0.2) is 0 Å². The third-order valence-corrected chi connectivity index (χ3v) is 4.05. The summed E-state index contributed by atoms with van der Waals surface area (Å²) in [6.07, 6.45) is 7.90. The Kier molecular flexibility index (Phi) is 3.01. The number of hydrogen-bond donors (Lipinski definition) is 1. The van der Waals surface area contributed by atoms with Crippen LogP contribution in [0.2, 0.25) is 0 Å². The van der Waals surface area contributed by atoms with Gasteiger partial charge in [0.1, 0.15) is 0 Å². The average molecular weight is 210 g/mol. The van der Waals surface area contributed by atoms with Gasteiger partial charge in [-0.15, -0.1) is 0 Å². The molecule has 3 nitrogen and oxygen atoms in total. The van der Waals surface area contributed by atoms with Gasteiger partial charge in [-0.25, -0.2) is 0 Å². The number of amides is 1. The molecule has 0 aromatic rings. The van der Waals surface area contributed by atoms with E-state index in [0.717, 1.165) is 13.1 Å². The van der Waals surface area contributed by atoms with Crippen molar-refractivity contribution in [2.75, 3.05) is 13.1 Å². The molecule has 2 fully saturated rings. The van der Waals surface area contributed by atoms with Crippen LogP contribution in [0.5, 0.6) is 0 Å². The van der Waals surface area contributed by atoms with Crippen molar-refractivity contribution in [1.29, 1.82) is 0 Å². The molecular weight excluding hydrogens is 188 g/mol. The van der Waals surface area contributed by atoms with Crippen molar-refractivity contribution in [3.63, 3.8) is 0 Å². The highest BCUT2D eigenvalue weighted by atomic mass is 16.2. The summed E-state index contributed by atoms with van der Waals surface area (Å²) in [5.74, 6) is 0.137. The van der Waals surface area contributed by atoms with Gasteiger partial charge in [0, 0.05) is 13.1 Å². The van der Waals surface area contributed by atoms with E-state index < -0.39 is 0 Å². The van der Waals surface area contributed by atoms with Gasteiger partial charge in [0.05, 0.1) is 6.04 Å². The molecule has 1 heterocycles. The van der Waals surface area contributed by atoms with Gasteiger partial charge in [-0.1, -0.05) is 19.3 Å². The van der Waals surface area contributed by atoms with E-state index in [0.29, 0.717) is 5.41 Å². The Labute approximate surface area is 92.0 Å². The number of rotatable bonds is 1. The standard InChI is InChI=1S/C12H22N2O/c1-10(13)11(15)14-8-7-12(9-14)5-3-2-4-6-12/h10H,2-9,13H2,1H3/t10-/m1/s1. The van der Waals surface area contributed by atoms with Crippen LogP contribution in [0.4, 0.5) is 0 Å². The van der Waals surface area contributed by atoms with Crippen LogP contribution in [0.25, 0.3) is 0 Å². The molecule has 15 heavy (non-hydrogen) atoms. The molecule has 1 aliphatic carbocycles. The molecule has 2 aliphatic rings. The van der Waals surface area contributed by atoms with Crippen molar-refractivity contribution in [1.82, 2.24) is 4.90 Å². The van der Waals surface area contributed by atoms with Gasteiger partial charge in [0.15, 0.2) is 0 Å². The van der Waals surface area contributed by atoms with E-state index in [1.165, 1.54) is 38.5 Å². The molecule has 2 N–H and O–H groups in total. The van der Waals surface area contributed by atoms with Crippen molar-refractivity contribution in [2.45, 2.75) is 51.5 Å². The van der Waals surface area contributed by atoms with Crippen LogP contribution in [0.1, 0.15) is 45.4 Å². The minimum Gasteiger partial charge on any atom is -0.341 e. The Morgan fingerprint density at radius 1 is 1.27 bits per heavy atom. The highest BCUT2D eigenvalue weighted by Crippen LogP contribution is 2.43. The Morgan fingerprint density at radius 3 is 2.53 bits per heavy atom. The molecule has 1 amide bonds. The van der Waals surface area contributed by atoms with Crippen LogP contribution in [0.3, 0.4) is 0 Å². The summed E-state index contributed by atoms with van der Waals surface area (Å²) >= 11 is 0. The summed E-state index contributed by atoms with van der Waals surface area (Å²) in [4.78, 5) is 13.8. The molecular formula is C12H22N2O. The summed E-state index contributed by atoms with van der Waals surface area (Å²) in [7, 11) is 0. The lowest BCUT2D eigenvalue weighted by Crippen LogP contribution is -2.42. The first-order chi connectivity index (χ1) is 7.13. The van der Waals surface area contributed by atoms with E-state index in [9.17, 15) is 4.79 Å². The maximum atomic E-state index is 11.8. The fourth-order valence-corrected chi connectivity index (χ4v) is 3.12. The summed E-state index contributed by atoms with van der Waals surface area (Å²) in [6.45, 7) is 3.68. The Hall–Kier alpha value is -0.570. The molecule has 1 aliphatic heterocycles. The third-order valence-electron chi connectivity index (χ3n) is 4.05. The van der Waals surface area contributed by atoms with E-state index in [-0.39, 0.29) is 11.9 Å². The largest absolute Gasteiger partial charge is 0.341 e. The Morgan fingerprint density at radius 2 is 1.93 bits per heavy atom. The van der Waals surface area contributed by atoms with Crippen molar-refractivity contribution in [2.24, 2.45) is 11.1 Å². The predicted octanol–water partition coefficient (Wildman–Crippen LogP) is 1.52. The zero-order chi connectivity index (χ0) is 10.9. The number of carbonyl (C=O) groups is 1. The average Bonchev–Trinajstić information content (AvgIpc) is 2.62. The van der Waals surface area contributed by atoms with E-state index in [1.54, 1.807) is 6.92 Å². The minimum atomic E-state index is -0.330.